The van der Waals surface area contributed by atoms with Crippen LogP contribution in [-0.2, 0) is 0 Å². The number of fused-ring (bicyclic) bond motifs is 7. The Labute approximate surface area is 281 Å². The van der Waals surface area contributed by atoms with Gasteiger partial charge < -0.3 is 0 Å². The van der Waals surface area contributed by atoms with E-state index in [1.807, 2.05) is 66.7 Å². The average molecular weight is 630 g/mol. The monoisotopic (exact) mass is 629 g/mol. The minimum absolute atomic E-state index is 0.624. The van der Waals surface area contributed by atoms with Crippen LogP contribution in [0.2, 0.25) is 0 Å². The smallest absolute Gasteiger partial charge is 0.221 e. The molecule has 0 atom stereocenters. The Kier molecular flexibility index (Phi) is 6.04. The van der Waals surface area contributed by atoms with Crippen molar-refractivity contribution in [3.8, 4) is 45.5 Å². The van der Waals surface area contributed by atoms with Gasteiger partial charge in [0, 0.05) is 33.5 Å². The molecule has 10 rings (SSSR count). The normalized spacial score (nSPS) is 11.7. The van der Waals surface area contributed by atoms with Gasteiger partial charge in [-0.05, 0) is 54.6 Å². The van der Waals surface area contributed by atoms with E-state index in [4.69, 9.17) is 19.9 Å². The van der Waals surface area contributed by atoms with Crippen LogP contribution in [0.4, 0.5) is 0 Å². The maximum Gasteiger partial charge on any atom is 0.221 e. The third-order valence-electron chi connectivity index (χ3n) is 9.11. The van der Waals surface area contributed by atoms with Gasteiger partial charge in [-0.1, -0.05) is 109 Å². The quantitative estimate of drug-likeness (QED) is 0.190. The molecule has 0 spiro atoms. The number of para-hydroxylation sites is 4. The van der Waals surface area contributed by atoms with E-state index >= 15 is 0 Å². The molecule has 0 amide bonds. The summed E-state index contributed by atoms with van der Waals surface area (Å²) in [5.74, 6) is 2.78. The van der Waals surface area contributed by atoms with Crippen LogP contribution in [0, 0.1) is 0 Å². The van der Waals surface area contributed by atoms with Crippen LogP contribution >= 0.6 is 0 Å². The zero-order valence-electron chi connectivity index (χ0n) is 26.2. The van der Waals surface area contributed by atoms with Gasteiger partial charge in [0.25, 0.3) is 0 Å². The molecule has 0 aliphatic carbocycles. The Morgan fingerprint density at radius 2 is 0.816 bits per heavy atom. The molecule has 6 aromatic carbocycles. The summed E-state index contributed by atoms with van der Waals surface area (Å²) >= 11 is 0. The zero-order valence-corrected chi connectivity index (χ0v) is 26.2. The summed E-state index contributed by atoms with van der Waals surface area (Å²) < 4.78 is 6.84. The number of nitrogens with zero attached hydrogens (tertiary/aromatic N) is 7. The summed E-state index contributed by atoms with van der Waals surface area (Å²) in [5.41, 5.74) is 10.2. The first kappa shape index (κ1) is 27.3. The van der Waals surface area contributed by atoms with Crippen LogP contribution in [0.25, 0.3) is 84.4 Å². The molecule has 0 aliphatic heterocycles. The van der Waals surface area contributed by atoms with Crippen molar-refractivity contribution in [2.75, 3.05) is 0 Å². The van der Waals surface area contributed by atoms with Gasteiger partial charge in [0.15, 0.2) is 23.1 Å². The fourth-order valence-corrected chi connectivity index (χ4v) is 6.88. The van der Waals surface area contributed by atoms with Gasteiger partial charge in [-0.2, -0.15) is 0 Å². The summed E-state index contributed by atoms with van der Waals surface area (Å²) in [6.45, 7) is 0. The lowest BCUT2D eigenvalue weighted by Gasteiger charge is -2.10. The van der Waals surface area contributed by atoms with Crippen LogP contribution in [-0.4, -0.2) is 33.5 Å². The Hall–Kier alpha value is -6.86. The van der Waals surface area contributed by atoms with Crippen LogP contribution in [0.5, 0.6) is 0 Å². The Bertz CT molecular complexity index is 2740. The van der Waals surface area contributed by atoms with Crippen molar-refractivity contribution in [1.82, 2.24) is 33.5 Å². The molecule has 4 heterocycles. The van der Waals surface area contributed by atoms with Crippen molar-refractivity contribution in [2.45, 2.75) is 0 Å². The summed E-state index contributed by atoms with van der Waals surface area (Å²) in [4.78, 5) is 20.1. The van der Waals surface area contributed by atoms with E-state index in [-0.39, 0.29) is 0 Å². The van der Waals surface area contributed by atoms with E-state index in [9.17, 15) is 0 Å². The Morgan fingerprint density at radius 1 is 0.347 bits per heavy atom. The highest BCUT2D eigenvalue weighted by atomic mass is 15.3. The molecular formula is C42H27N7. The molecule has 0 radical (unpaired) electrons. The standard InChI is InChI=1S/C42H27N7/c1-4-14-28(15-5-1)38-44-39(29-16-6-2-7-17-29)46-40(45-38)30-24-26-32(27-25-30)47-34-21-11-10-20-33(34)37-41(47)49-36-23-13-12-22-35(36)48(42(49)43-37)31-18-8-3-9-19-31/h1-27H. The van der Waals surface area contributed by atoms with Crippen molar-refractivity contribution >= 4 is 38.9 Å². The van der Waals surface area contributed by atoms with Crippen molar-refractivity contribution in [1.29, 1.82) is 0 Å². The van der Waals surface area contributed by atoms with Gasteiger partial charge in [-0.3, -0.25) is 13.5 Å². The van der Waals surface area contributed by atoms with E-state index in [0.29, 0.717) is 17.5 Å². The van der Waals surface area contributed by atoms with Crippen molar-refractivity contribution < 1.29 is 0 Å². The second-order valence-electron chi connectivity index (χ2n) is 12.0. The molecule has 49 heavy (non-hydrogen) atoms. The summed E-state index contributed by atoms with van der Waals surface area (Å²) in [6, 6.07) is 56.0. The second kappa shape index (κ2) is 10.9. The molecule has 0 saturated carbocycles. The largest absolute Gasteiger partial charge is 0.294 e. The molecule has 0 bridgehead atoms. The highest BCUT2D eigenvalue weighted by Gasteiger charge is 2.23. The highest BCUT2D eigenvalue weighted by molar-refractivity contribution is 6.09. The number of aromatic nitrogens is 7. The molecule has 0 aliphatic rings. The van der Waals surface area contributed by atoms with E-state index in [2.05, 4.69) is 111 Å². The predicted molar refractivity (Wildman–Crippen MR) is 196 cm³/mol. The van der Waals surface area contributed by atoms with Gasteiger partial charge in [-0.25, -0.2) is 19.9 Å². The summed E-state index contributed by atoms with van der Waals surface area (Å²) in [6.07, 6.45) is 0. The fourth-order valence-electron chi connectivity index (χ4n) is 6.88. The van der Waals surface area contributed by atoms with Crippen molar-refractivity contribution in [3.05, 3.63) is 164 Å². The molecule has 0 unspecified atom stereocenters. The average Bonchev–Trinajstić information content (AvgIpc) is 3.82. The van der Waals surface area contributed by atoms with E-state index in [0.717, 1.165) is 66.9 Å². The van der Waals surface area contributed by atoms with Crippen LogP contribution in [0.15, 0.2) is 164 Å². The molecule has 7 heteroatoms. The maximum atomic E-state index is 5.32. The topological polar surface area (TPSA) is 65.8 Å². The van der Waals surface area contributed by atoms with Gasteiger partial charge in [0.1, 0.15) is 5.52 Å². The van der Waals surface area contributed by atoms with Gasteiger partial charge in [0.05, 0.1) is 16.6 Å². The van der Waals surface area contributed by atoms with Crippen LogP contribution in [0.3, 0.4) is 0 Å². The minimum Gasteiger partial charge on any atom is -0.294 e. The number of hydrogen-bond donors (Lipinski definition) is 0. The third kappa shape index (κ3) is 4.29. The molecule has 230 valence electrons. The number of rotatable bonds is 5. The molecule has 0 fully saturated rings. The molecule has 0 saturated heterocycles. The van der Waals surface area contributed by atoms with Crippen molar-refractivity contribution in [2.24, 2.45) is 0 Å². The minimum atomic E-state index is 0.624. The Morgan fingerprint density at radius 3 is 1.43 bits per heavy atom. The lowest BCUT2D eigenvalue weighted by molar-refractivity contribution is 1.07. The highest BCUT2D eigenvalue weighted by Crippen LogP contribution is 2.37. The molecule has 0 N–H and O–H groups in total. The van der Waals surface area contributed by atoms with E-state index < -0.39 is 0 Å². The van der Waals surface area contributed by atoms with Crippen LogP contribution in [0.1, 0.15) is 0 Å². The van der Waals surface area contributed by atoms with Gasteiger partial charge in [-0.15, -0.1) is 0 Å². The number of imidazole rings is 2. The molecule has 7 nitrogen and oxygen atoms in total. The SMILES string of the molecule is c1ccc(-c2nc(-c3ccccc3)nc(-c3ccc(-n4c5ccccc5c5nc6n(-c7ccccc7)c7ccccc7n6c54)cc3)n2)cc1. The Balaban J connectivity index is 1.18. The van der Waals surface area contributed by atoms with Gasteiger partial charge >= 0.3 is 0 Å². The third-order valence-corrected chi connectivity index (χ3v) is 9.11. The predicted octanol–water partition coefficient (Wildman–Crippen LogP) is 9.56. The first-order chi connectivity index (χ1) is 24.3. The van der Waals surface area contributed by atoms with Crippen LogP contribution < -0.4 is 0 Å². The van der Waals surface area contributed by atoms with Crippen molar-refractivity contribution in [3.63, 3.8) is 0 Å². The number of benzene rings is 6. The summed E-state index contributed by atoms with van der Waals surface area (Å²) in [7, 11) is 0. The molecular weight excluding hydrogens is 603 g/mol. The first-order valence-corrected chi connectivity index (χ1v) is 16.3. The lowest BCUT2D eigenvalue weighted by Crippen LogP contribution is -2.01. The second-order valence-corrected chi connectivity index (χ2v) is 12.0. The fraction of sp³-hybridized carbons (Fsp3) is 0. The number of hydrogen-bond acceptors (Lipinski definition) is 4. The lowest BCUT2D eigenvalue weighted by atomic mass is 10.1. The zero-order chi connectivity index (χ0) is 32.3. The molecule has 10 aromatic rings. The first-order valence-electron chi connectivity index (χ1n) is 16.3. The molecule has 4 aromatic heterocycles. The van der Waals surface area contributed by atoms with E-state index in [1.165, 1.54) is 0 Å². The maximum absolute atomic E-state index is 5.32. The van der Waals surface area contributed by atoms with Gasteiger partial charge in [0.2, 0.25) is 5.78 Å². The van der Waals surface area contributed by atoms with E-state index in [1.54, 1.807) is 0 Å². The summed E-state index contributed by atoms with van der Waals surface area (Å²) in [5, 5.41) is 1.10.